The first-order valence-electron chi connectivity index (χ1n) is 10.1. The van der Waals surface area contributed by atoms with E-state index in [4.69, 9.17) is 14.2 Å². The van der Waals surface area contributed by atoms with E-state index in [-0.39, 0.29) is 6.42 Å². The summed E-state index contributed by atoms with van der Waals surface area (Å²) in [6.07, 6.45) is -2.00. The van der Waals surface area contributed by atoms with Gasteiger partial charge < -0.3 is 14.2 Å². The summed E-state index contributed by atoms with van der Waals surface area (Å²) in [7, 11) is 1.27. The monoisotopic (exact) mass is 496 g/mol. The van der Waals surface area contributed by atoms with Crippen molar-refractivity contribution >= 4 is 39.8 Å². The van der Waals surface area contributed by atoms with Gasteiger partial charge in [-0.3, -0.25) is 9.80 Å². The third-order valence-electron chi connectivity index (χ3n) is 5.02. The van der Waals surface area contributed by atoms with Gasteiger partial charge in [0.1, 0.15) is 23.4 Å². The van der Waals surface area contributed by atoms with Gasteiger partial charge in [-0.1, -0.05) is 34.1 Å². The minimum Gasteiger partial charge on any atom is -0.467 e. The van der Waals surface area contributed by atoms with Crippen LogP contribution in [0.25, 0.3) is 0 Å². The quantitative estimate of drug-likeness (QED) is 0.322. The highest BCUT2D eigenvalue weighted by Gasteiger charge is 2.65. The average Bonchev–Trinajstić information content (AvgIpc) is 3.05. The molecule has 1 aromatic carbocycles. The highest BCUT2D eigenvalue weighted by Crippen LogP contribution is 2.58. The number of benzene rings is 1. The van der Waals surface area contributed by atoms with E-state index in [1.165, 1.54) is 16.9 Å². The minimum atomic E-state index is -0.942. The molecule has 1 aromatic rings. The maximum absolute atomic E-state index is 13.3. The Morgan fingerprint density at radius 3 is 2.10 bits per heavy atom. The number of para-hydroxylation sites is 1. The van der Waals surface area contributed by atoms with Crippen molar-refractivity contribution in [3.63, 3.8) is 0 Å². The number of esters is 1. The molecule has 170 valence electrons. The van der Waals surface area contributed by atoms with E-state index in [1.807, 2.05) is 18.2 Å². The first kappa shape index (κ1) is 23.4. The molecule has 2 aliphatic rings. The summed E-state index contributed by atoms with van der Waals surface area (Å²) in [5, 5.41) is 0. The van der Waals surface area contributed by atoms with E-state index in [9.17, 15) is 14.4 Å². The molecule has 1 fully saturated rings. The molecular formula is C22H29BrN2O6. The molecule has 0 N–H and O–H groups in total. The number of fused-ring (bicyclic) bond motifs is 3. The van der Waals surface area contributed by atoms with Gasteiger partial charge in [-0.05, 0) is 53.2 Å². The fourth-order valence-electron chi connectivity index (χ4n) is 4.00. The third-order valence-corrected chi connectivity index (χ3v) is 6.18. The van der Waals surface area contributed by atoms with E-state index in [2.05, 4.69) is 15.9 Å². The summed E-state index contributed by atoms with van der Waals surface area (Å²) in [5.41, 5.74) is -0.153. The van der Waals surface area contributed by atoms with Crippen molar-refractivity contribution in [2.75, 3.05) is 12.0 Å². The van der Waals surface area contributed by atoms with Crippen LogP contribution in [0.4, 0.5) is 15.3 Å². The van der Waals surface area contributed by atoms with Crippen LogP contribution in [-0.4, -0.2) is 53.6 Å². The molecule has 0 unspecified atom stereocenters. The second kappa shape index (κ2) is 7.69. The maximum atomic E-state index is 13.3. The van der Waals surface area contributed by atoms with Crippen molar-refractivity contribution in [2.45, 2.75) is 75.7 Å². The molecular weight excluding hydrogens is 468 g/mol. The van der Waals surface area contributed by atoms with Crippen LogP contribution >= 0.6 is 15.9 Å². The largest absolute Gasteiger partial charge is 0.467 e. The molecule has 1 saturated heterocycles. The van der Waals surface area contributed by atoms with Gasteiger partial charge in [0.05, 0.1) is 17.1 Å². The Kier molecular flexibility index (Phi) is 5.80. The van der Waals surface area contributed by atoms with Crippen LogP contribution in [0.5, 0.6) is 0 Å². The zero-order chi connectivity index (χ0) is 23.4. The molecule has 31 heavy (non-hydrogen) atoms. The van der Waals surface area contributed by atoms with Crippen LogP contribution in [0.1, 0.15) is 53.5 Å². The van der Waals surface area contributed by atoms with Crippen LogP contribution in [0.15, 0.2) is 24.3 Å². The number of anilines is 1. The Morgan fingerprint density at radius 2 is 1.55 bits per heavy atom. The zero-order valence-electron chi connectivity index (χ0n) is 18.9. The number of likely N-dealkylation sites (tertiary alicyclic amines) is 1. The third kappa shape index (κ3) is 4.24. The normalized spacial score (nSPS) is 25.0. The minimum absolute atomic E-state index is 0.208. The molecule has 0 saturated carbocycles. The second-order valence-electron chi connectivity index (χ2n) is 9.73. The first-order chi connectivity index (χ1) is 14.2. The molecule has 2 amide bonds. The lowest BCUT2D eigenvalue weighted by molar-refractivity contribution is -0.146. The lowest BCUT2D eigenvalue weighted by Gasteiger charge is -2.37. The van der Waals surface area contributed by atoms with Crippen molar-refractivity contribution in [3.05, 3.63) is 29.8 Å². The maximum Gasteiger partial charge on any atom is 0.416 e. The number of carbonyl (C=O) groups is 3. The van der Waals surface area contributed by atoms with Gasteiger partial charge in [-0.15, -0.1) is 0 Å². The molecule has 0 spiro atoms. The lowest BCUT2D eigenvalue weighted by atomic mass is 9.96. The van der Waals surface area contributed by atoms with Gasteiger partial charge in [-0.25, -0.2) is 14.4 Å². The second-order valence-corrected chi connectivity index (χ2v) is 11.1. The number of nitrogens with zero attached hydrogens (tertiary/aromatic N) is 2. The Hall–Kier alpha value is -2.29. The smallest absolute Gasteiger partial charge is 0.416 e. The summed E-state index contributed by atoms with van der Waals surface area (Å²) in [6, 6.07) is 6.38. The van der Waals surface area contributed by atoms with Crippen molar-refractivity contribution in [1.29, 1.82) is 0 Å². The topological polar surface area (TPSA) is 85.4 Å². The van der Waals surface area contributed by atoms with Gasteiger partial charge in [0.25, 0.3) is 0 Å². The van der Waals surface area contributed by atoms with Crippen LogP contribution in [0, 0.1) is 0 Å². The fraction of sp³-hybridized carbons (Fsp3) is 0.591. The molecule has 3 atom stereocenters. The van der Waals surface area contributed by atoms with Crippen molar-refractivity contribution in [2.24, 2.45) is 0 Å². The van der Waals surface area contributed by atoms with Crippen LogP contribution in [0.2, 0.25) is 0 Å². The van der Waals surface area contributed by atoms with Gasteiger partial charge in [0, 0.05) is 6.42 Å². The number of rotatable bonds is 1. The summed E-state index contributed by atoms with van der Waals surface area (Å²) >= 11 is 3.78. The number of hydrogen-bond acceptors (Lipinski definition) is 6. The van der Waals surface area contributed by atoms with Crippen LogP contribution < -0.4 is 4.90 Å². The molecule has 0 bridgehead atoms. The van der Waals surface area contributed by atoms with E-state index >= 15 is 0 Å². The SMILES string of the molecule is COC(=O)[C@H]1C[C@]2(Br)c3ccccc3N(C(=O)OC(C)(C)C)[C@@H]2N1C(=O)OC(C)(C)C. The highest BCUT2D eigenvalue weighted by atomic mass is 79.9. The number of hydrogen-bond donors (Lipinski definition) is 0. The highest BCUT2D eigenvalue weighted by molar-refractivity contribution is 9.09. The molecule has 8 nitrogen and oxygen atoms in total. The van der Waals surface area contributed by atoms with E-state index < -0.39 is 45.9 Å². The first-order valence-corrected chi connectivity index (χ1v) is 10.9. The summed E-state index contributed by atoms with van der Waals surface area (Å²) in [4.78, 5) is 41.9. The number of halogens is 1. The van der Waals surface area contributed by atoms with Crippen LogP contribution in [-0.2, 0) is 23.3 Å². The van der Waals surface area contributed by atoms with Gasteiger partial charge in [-0.2, -0.15) is 0 Å². The number of ether oxygens (including phenoxy) is 3. The molecule has 0 aliphatic carbocycles. The molecule has 3 rings (SSSR count). The molecule has 9 heteroatoms. The standard InChI is InChI=1S/C22H29BrN2O6/c1-20(2,3)30-18(27)24-14-11-9-8-10-13(14)22(23)12-15(16(26)29-7)25(17(22)24)19(28)31-21(4,5)6/h8-11,15,17H,12H2,1-7H3/t15-,17-,22+/m1/s1. The van der Waals surface area contributed by atoms with Gasteiger partial charge in [0.2, 0.25) is 0 Å². The molecule has 0 aromatic heterocycles. The van der Waals surface area contributed by atoms with E-state index in [0.717, 1.165) is 5.56 Å². The van der Waals surface area contributed by atoms with Crippen molar-refractivity contribution in [3.8, 4) is 0 Å². The lowest BCUT2D eigenvalue weighted by Crippen LogP contribution is -2.57. The zero-order valence-corrected chi connectivity index (χ0v) is 20.5. The van der Waals surface area contributed by atoms with E-state index in [0.29, 0.717) is 5.69 Å². The molecule has 2 aliphatic heterocycles. The fourth-order valence-corrected chi connectivity index (χ4v) is 5.07. The number of amides is 2. The predicted molar refractivity (Wildman–Crippen MR) is 118 cm³/mol. The summed E-state index contributed by atoms with van der Waals surface area (Å²) < 4.78 is 15.3. The number of alkyl halides is 1. The Labute approximate surface area is 190 Å². The molecule has 2 heterocycles. The predicted octanol–water partition coefficient (Wildman–Crippen LogP) is 4.54. The number of carbonyl (C=O) groups excluding carboxylic acids is 3. The summed E-state index contributed by atoms with van der Waals surface area (Å²) in [6.45, 7) is 10.5. The summed E-state index contributed by atoms with van der Waals surface area (Å²) in [5.74, 6) is -0.583. The Balaban J connectivity index is 2.15. The van der Waals surface area contributed by atoms with Crippen molar-refractivity contribution in [1.82, 2.24) is 4.90 Å². The number of methoxy groups -OCH3 is 1. The van der Waals surface area contributed by atoms with Crippen molar-refractivity contribution < 1.29 is 28.6 Å². The Morgan fingerprint density at radius 1 is 1.00 bits per heavy atom. The van der Waals surface area contributed by atoms with Gasteiger partial charge in [0.15, 0.2) is 0 Å². The Bertz CT molecular complexity index is 906. The molecule has 0 radical (unpaired) electrons. The van der Waals surface area contributed by atoms with E-state index in [1.54, 1.807) is 47.6 Å². The average molecular weight is 497 g/mol. The van der Waals surface area contributed by atoms with Crippen LogP contribution in [0.3, 0.4) is 0 Å². The van der Waals surface area contributed by atoms with Gasteiger partial charge >= 0.3 is 18.2 Å².